The van der Waals surface area contributed by atoms with E-state index in [-0.39, 0.29) is 23.8 Å². The number of piperazine rings is 1. The third kappa shape index (κ3) is 5.87. The van der Waals surface area contributed by atoms with Crippen molar-refractivity contribution >= 4 is 40.4 Å². The topological polar surface area (TPSA) is 95.0 Å². The van der Waals surface area contributed by atoms with Gasteiger partial charge in [-0.25, -0.2) is 0 Å². The highest BCUT2D eigenvalue weighted by Gasteiger charge is 2.33. The number of imide groups is 1. The molecule has 10 nitrogen and oxygen atoms in total. The van der Waals surface area contributed by atoms with Crippen molar-refractivity contribution in [2.45, 2.75) is 38.1 Å². The second-order valence-corrected chi connectivity index (χ2v) is 12.6. The van der Waals surface area contributed by atoms with Crippen LogP contribution in [0.1, 0.15) is 63.2 Å². The van der Waals surface area contributed by atoms with Crippen molar-refractivity contribution in [1.29, 1.82) is 0 Å². The van der Waals surface area contributed by atoms with Crippen LogP contribution in [0.15, 0.2) is 53.5 Å². The zero-order valence-electron chi connectivity index (χ0n) is 26.5. The first-order chi connectivity index (χ1) is 22.5. The van der Waals surface area contributed by atoms with E-state index >= 15 is 0 Å². The molecule has 0 aromatic heterocycles. The number of carbonyl (C=O) groups is 3. The van der Waals surface area contributed by atoms with Gasteiger partial charge in [0.2, 0.25) is 0 Å². The Kier molecular flexibility index (Phi) is 8.73. The summed E-state index contributed by atoms with van der Waals surface area (Å²) in [7, 11) is 1.60. The molecule has 0 saturated carbocycles. The lowest BCUT2D eigenvalue weighted by Gasteiger charge is -2.34. The summed E-state index contributed by atoms with van der Waals surface area (Å²) in [5.74, 6) is 0.820. The number of nitrogens with zero attached hydrogens (tertiary/aromatic N) is 5. The number of fused-ring (bicyclic) bond motifs is 2. The molecule has 240 valence electrons. The van der Waals surface area contributed by atoms with Crippen molar-refractivity contribution in [2.24, 2.45) is 4.99 Å². The molecular formula is C36H41N5O5. The molecule has 0 unspecified atom stereocenters. The summed E-state index contributed by atoms with van der Waals surface area (Å²) < 4.78 is 11.7. The summed E-state index contributed by atoms with van der Waals surface area (Å²) in [6.45, 7) is 7.67. The minimum Gasteiger partial charge on any atom is -0.493 e. The Labute approximate surface area is 269 Å². The molecule has 0 bridgehead atoms. The Bertz CT molecular complexity index is 1630. The summed E-state index contributed by atoms with van der Waals surface area (Å²) in [5.41, 5.74) is 2.46. The quantitative estimate of drug-likeness (QED) is 0.227. The molecule has 3 aromatic rings. The molecule has 0 N–H and O–H groups in total. The highest BCUT2D eigenvalue weighted by molar-refractivity contribution is 6.25. The average molecular weight is 624 g/mol. The number of hydrogen-bond acceptors (Lipinski definition) is 8. The van der Waals surface area contributed by atoms with Gasteiger partial charge in [0.05, 0.1) is 31.0 Å². The van der Waals surface area contributed by atoms with Crippen LogP contribution >= 0.6 is 0 Å². The Morgan fingerprint density at radius 1 is 0.761 bits per heavy atom. The number of benzene rings is 3. The molecule has 3 aromatic carbocycles. The fourth-order valence-corrected chi connectivity index (χ4v) is 7.22. The number of unbranched alkanes of at least 4 members (excludes halogenated alkanes) is 1. The van der Waals surface area contributed by atoms with Gasteiger partial charge in [-0.3, -0.25) is 24.3 Å². The molecule has 3 amide bonds. The molecule has 10 heteroatoms. The maximum absolute atomic E-state index is 13.1. The predicted octanol–water partition coefficient (Wildman–Crippen LogP) is 4.63. The van der Waals surface area contributed by atoms with E-state index in [1.54, 1.807) is 13.2 Å². The van der Waals surface area contributed by atoms with E-state index in [0.29, 0.717) is 47.0 Å². The van der Waals surface area contributed by atoms with Gasteiger partial charge in [0.1, 0.15) is 0 Å². The average Bonchev–Trinajstić information content (AvgIpc) is 3.52. The lowest BCUT2D eigenvalue weighted by Crippen LogP contribution is -2.47. The van der Waals surface area contributed by atoms with Gasteiger partial charge in [-0.1, -0.05) is 24.3 Å². The van der Waals surface area contributed by atoms with Gasteiger partial charge in [0.25, 0.3) is 17.7 Å². The van der Waals surface area contributed by atoms with E-state index in [0.717, 1.165) is 88.7 Å². The van der Waals surface area contributed by atoms with Gasteiger partial charge in [-0.2, -0.15) is 0 Å². The second-order valence-electron chi connectivity index (χ2n) is 12.6. The first kappa shape index (κ1) is 30.4. The number of rotatable bonds is 11. The number of aliphatic imine (C=N–C) groups is 1. The van der Waals surface area contributed by atoms with Crippen molar-refractivity contribution in [2.75, 3.05) is 66.1 Å². The van der Waals surface area contributed by atoms with Crippen LogP contribution in [-0.4, -0.2) is 116 Å². The van der Waals surface area contributed by atoms with Crippen molar-refractivity contribution < 1.29 is 23.9 Å². The normalized spacial score (nSPS) is 19.8. The van der Waals surface area contributed by atoms with E-state index in [4.69, 9.17) is 9.47 Å². The Hall–Kier alpha value is -4.28. The Balaban J connectivity index is 0.830. The van der Waals surface area contributed by atoms with E-state index < -0.39 is 0 Å². The lowest BCUT2D eigenvalue weighted by atomic mass is 9.94. The summed E-state index contributed by atoms with van der Waals surface area (Å²) in [6.07, 6.45) is 6.46. The number of methoxy groups -OCH3 is 1. The monoisotopic (exact) mass is 623 g/mol. The molecule has 1 atom stereocenters. The van der Waals surface area contributed by atoms with Gasteiger partial charge < -0.3 is 24.2 Å². The lowest BCUT2D eigenvalue weighted by molar-refractivity contribution is 0.0604. The third-order valence-electron chi connectivity index (χ3n) is 9.76. The van der Waals surface area contributed by atoms with Crippen molar-refractivity contribution in [1.82, 2.24) is 19.6 Å². The molecule has 4 heterocycles. The molecule has 2 saturated heterocycles. The zero-order valence-corrected chi connectivity index (χ0v) is 26.5. The SMILES string of the molecule is COc1cc2c(cc1OCCCN1CCN(CCCCN3C(=O)c4cccc5cccc(c45)C3=O)CC1)N=C[C@@H]1CCCN1C2=O. The van der Waals surface area contributed by atoms with Crippen LogP contribution in [0.4, 0.5) is 5.69 Å². The largest absolute Gasteiger partial charge is 0.493 e. The van der Waals surface area contributed by atoms with Crippen LogP contribution in [0.2, 0.25) is 0 Å². The van der Waals surface area contributed by atoms with E-state index in [9.17, 15) is 14.4 Å². The van der Waals surface area contributed by atoms with Crippen LogP contribution in [0.5, 0.6) is 11.5 Å². The highest BCUT2D eigenvalue weighted by atomic mass is 16.5. The third-order valence-corrected chi connectivity index (χ3v) is 9.76. The zero-order chi connectivity index (χ0) is 31.6. The fraction of sp³-hybridized carbons (Fsp3) is 0.444. The maximum Gasteiger partial charge on any atom is 0.261 e. The van der Waals surface area contributed by atoms with Crippen LogP contribution in [0, 0.1) is 0 Å². The summed E-state index contributed by atoms with van der Waals surface area (Å²) >= 11 is 0. The van der Waals surface area contributed by atoms with Gasteiger partial charge in [0, 0.05) is 74.6 Å². The molecule has 7 rings (SSSR count). The Morgan fingerprint density at radius 2 is 1.43 bits per heavy atom. The molecule has 4 aliphatic rings. The van der Waals surface area contributed by atoms with Crippen molar-refractivity contribution in [3.63, 3.8) is 0 Å². The van der Waals surface area contributed by atoms with E-state index in [1.807, 2.05) is 53.6 Å². The van der Waals surface area contributed by atoms with Crippen LogP contribution in [-0.2, 0) is 0 Å². The minimum atomic E-state index is -0.184. The minimum absolute atomic E-state index is 0.00963. The predicted molar refractivity (Wildman–Crippen MR) is 177 cm³/mol. The second kappa shape index (κ2) is 13.2. The van der Waals surface area contributed by atoms with Gasteiger partial charge >= 0.3 is 0 Å². The standard InChI is InChI=1S/C36H41N5O5/c1-45-31-22-29-30(37-24-26-10-6-16-40(26)36(29)44)23-32(31)46-21-7-14-39-19-17-38(18-20-39)13-2-3-15-41-34(42)27-11-4-8-25-9-5-12-28(33(25)27)35(41)43/h4-5,8-9,11-12,22-24,26H,2-3,6-7,10,13-21H2,1H3/t26-/m0/s1. The number of amides is 3. The molecular weight excluding hydrogens is 582 g/mol. The van der Waals surface area contributed by atoms with Crippen LogP contribution in [0.25, 0.3) is 10.8 Å². The first-order valence-electron chi connectivity index (χ1n) is 16.5. The van der Waals surface area contributed by atoms with Crippen LogP contribution in [0.3, 0.4) is 0 Å². The van der Waals surface area contributed by atoms with Crippen molar-refractivity contribution in [3.05, 3.63) is 65.2 Å². The van der Waals surface area contributed by atoms with Crippen LogP contribution < -0.4 is 9.47 Å². The van der Waals surface area contributed by atoms with Gasteiger partial charge in [-0.15, -0.1) is 0 Å². The summed E-state index contributed by atoms with van der Waals surface area (Å²) in [4.78, 5) is 52.3. The Morgan fingerprint density at radius 3 is 2.13 bits per heavy atom. The molecule has 46 heavy (non-hydrogen) atoms. The number of hydrogen-bond donors (Lipinski definition) is 0. The summed E-state index contributed by atoms with van der Waals surface area (Å²) in [5, 5.41) is 1.71. The molecule has 0 radical (unpaired) electrons. The summed E-state index contributed by atoms with van der Waals surface area (Å²) in [6, 6.07) is 15.0. The smallest absolute Gasteiger partial charge is 0.261 e. The van der Waals surface area contributed by atoms with Gasteiger partial charge in [-0.05, 0) is 62.2 Å². The highest BCUT2D eigenvalue weighted by Crippen LogP contribution is 2.38. The van der Waals surface area contributed by atoms with E-state index in [1.165, 1.54) is 4.90 Å². The molecule has 4 aliphatic heterocycles. The number of carbonyl (C=O) groups excluding carboxylic acids is 3. The molecule has 0 spiro atoms. The molecule has 0 aliphatic carbocycles. The maximum atomic E-state index is 13.1. The van der Waals surface area contributed by atoms with Gasteiger partial charge in [0.15, 0.2) is 11.5 Å². The number of ether oxygens (including phenoxy) is 2. The molecule has 2 fully saturated rings. The van der Waals surface area contributed by atoms with E-state index in [2.05, 4.69) is 14.8 Å². The fourth-order valence-electron chi connectivity index (χ4n) is 7.22. The first-order valence-corrected chi connectivity index (χ1v) is 16.5. The van der Waals surface area contributed by atoms with Crippen molar-refractivity contribution in [3.8, 4) is 11.5 Å².